The molecule has 0 amide bonds. The number of carbonyl (C=O) groups is 2. The lowest BCUT2D eigenvalue weighted by molar-refractivity contribution is -0.145. The van der Waals surface area contributed by atoms with E-state index in [1.165, 1.54) is 0 Å². The maximum absolute atomic E-state index is 12.0. The van der Waals surface area contributed by atoms with Gasteiger partial charge in [-0.25, -0.2) is 9.59 Å². The van der Waals surface area contributed by atoms with Gasteiger partial charge in [0.1, 0.15) is 48.4 Å². The van der Waals surface area contributed by atoms with Gasteiger partial charge in [0.15, 0.2) is 0 Å². The summed E-state index contributed by atoms with van der Waals surface area (Å²) in [4.78, 5) is 24.1. The third kappa shape index (κ3) is 7.37. The van der Waals surface area contributed by atoms with Crippen molar-refractivity contribution in [2.75, 3.05) is 13.2 Å². The molecule has 0 spiro atoms. The van der Waals surface area contributed by atoms with Gasteiger partial charge >= 0.3 is 11.9 Å². The highest BCUT2D eigenvalue weighted by Crippen LogP contribution is 2.44. The van der Waals surface area contributed by atoms with Crippen molar-refractivity contribution in [2.45, 2.75) is 52.7 Å². The summed E-state index contributed by atoms with van der Waals surface area (Å²) in [6.45, 7) is 14.4. The molecule has 0 aromatic heterocycles. The average Bonchev–Trinajstić information content (AvgIpc) is 2.95. The van der Waals surface area contributed by atoms with Crippen LogP contribution in [0.3, 0.4) is 0 Å². The first-order valence-corrected chi connectivity index (χ1v) is 13.6. The second-order valence-electron chi connectivity index (χ2n) is 10.2. The number of benzene rings is 3. The molecule has 3 aromatic carbocycles. The fourth-order valence-corrected chi connectivity index (χ4v) is 4.43. The van der Waals surface area contributed by atoms with E-state index in [-0.39, 0.29) is 13.2 Å². The normalized spacial score (nSPS) is 13.7. The Morgan fingerprint density at radius 1 is 0.756 bits per heavy atom. The standard InChI is InChI=1S/C34H36O7/c1-21(2)33(35)39-23(5)19-37-31-27-14-10-11-15-28(27)32(38-20-24(6)40-34(36)22(3)4)30-18-26(16-17-29(30)31)41-25-12-8-7-9-13-25/h7-16,23-24H,1,3,17-20H2,2,4-6H3. The maximum atomic E-state index is 12.0. The Balaban J connectivity index is 1.69. The van der Waals surface area contributed by atoms with Crippen molar-refractivity contribution in [1.82, 2.24) is 0 Å². The summed E-state index contributed by atoms with van der Waals surface area (Å²) in [7, 11) is 0. The van der Waals surface area contributed by atoms with Crippen LogP contribution in [0, 0.1) is 0 Å². The van der Waals surface area contributed by atoms with Gasteiger partial charge in [0.2, 0.25) is 0 Å². The number of allylic oxidation sites excluding steroid dienone is 2. The van der Waals surface area contributed by atoms with Crippen molar-refractivity contribution in [1.29, 1.82) is 0 Å². The summed E-state index contributed by atoms with van der Waals surface area (Å²) in [6, 6.07) is 17.4. The number of para-hydroxylation sites is 1. The Labute approximate surface area is 241 Å². The molecule has 1 aliphatic carbocycles. The van der Waals surface area contributed by atoms with E-state index in [1.54, 1.807) is 27.7 Å². The molecule has 1 aliphatic rings. The molecule has 214 valence electrons. The van der Waals surface area contributed by atoms with E-state index in [2.05, 4.69) is 13.2 Å². The molecule has 4 rings (SSSR count). The average molecular weight is 557 g/mol. The number of fused-ring (bicyclic) bond motifs is 2. The smallest absolute Gasteiger partial charge is 0.333 e. The minimum atomic E-state index is -0.493. The van der Waals surface area contributed by atoms with Crippen LogP contribution in [-0.2, 0) is 31.9 Å². The Bertz CT molecular complexity index is 1490. The second kappa shape index (κ2) is 13.2. The van der Waals surface area contributed by atoms with E-state index in [9.17, 15) is 9.59 Å². The predicted molar refractivity (Wildman–Crippen MR) is 158 cm³/mol. The van der Waals surface area contributed by atoms with Crippen molar-refractivity contribution in [3.63, 3.8) is 0 Å². The van der Waals surface area contributed by atoms with Gasteiger partial charge in [-0.05, 0) is 52.3 Å². The summed E-state index contributed by atoms with van der Waals surface area (Å²) in [6.07, 6.45) is 2.09. The third-order valence-corrected chi connectivity index (χ3v) is 6.44. The van der Waals surface area contributed by atoms with Crippen LogP contribution >= 0.6 is 0 Å². The number of hydrogen-bond acceptors (Lipinski definition) is 7. The second-order valence-corrected chi connectivity index (χ2v) is 10.2. The van der Waals surface area contributed by atoms with Gasteiger partial charge in [0.05, 0.1) is 0 Å². The summed E-state index contributed by atoms with van der Waals surface area (Å²) < 4.78 is 29.9. The lowest BCUT2D eigenvalue weighted by Crippen LogP contribution is -2.24. The molecule has 0 bridgehead atoms. The van der Waals surface area contributed by atoms with Crippen molar-refractivity contribution in [2.24, 2.45) is 0 Å². The molecule has 0 saturated carbocycles. The summed E-state index contributed by atoms with van der Waals surface area (Å²) in [5.74, 6) is 2.02. The Morgan fingerprint density at radius 2 is 1.24 bits per heavy atom. The van der Waals surface area contributed by atoms with Crippen LogP contribution in [0.25, 0.3) is 10.8 Å². The molecular weight excluding hydrogens is 520 g/mol. The number of carbonyl (C=O) groups excluding carboxylic acids is 2. The largest absolute Gasteiger partial charge is 0.489 e. The lowest BCUT2D eigenvalue weighted by atomic mass is 9.89. The number of ether oxygens (including phenoxy) is 5. The minimum Gasteiger partial charge on any atom is -0.489 e. The molecule has 0 N–H and O–H groups in total. The molecule has 3 aromatic rings. The van der Waals surface area contributed by atoms with Crippen LogP contribution in [0.2, 0.25) is 0 Å². The minimum absolute atomic E-state index is 0.155. The highest BCUT2D eigenvalue weighted by atomic mass is 16.6. The van der Waals surface area contributed by atoms with Crippen LogP contribution in [0.4, 0.5) is 0 Å². The van der Waals surface area contributed by atoms with Gasteiger partial charge in [-0.2, -0.15) is 0 Å². The molecule has 0 radical (unpaired) electrons. The summed E-state index contributed by atoms with van der Waals surface area (Å²) >= 11 is 0. The molecule has 0 fully saturated rings. The highest BCUT2D eigenvalue weighted by Gasteiger charge is 2.27. The van der Waals surface area contributed by atoms with Gasteiger partial charge < -0.3 is 23.7 Å². The van der Waals surface area contributed by atoms with Gasteiger partial charge in [0, 0.05) is 39.5 Å². The van der Waals surface area contributed by atoms with Crippen molar-refractivity contribution < 1.29 is 33.3 Å². The van der Waals surface area contributed by atoms with Crippen LogP contribution in [0.15, 0.2) is 90.7 Å². The van der Waals surface area contributed by atoms with Crippen molar-refractivity contribution in [3.8, 4) is 17.2 Å². The lowest BCUT2D eigenvalue weighted by Gasteiger charge is -2.27. The summed E-state index contributed by atoms with van der Waals surface area (Å²) in [5.41, 5.74) is 2.55. The van der Waals surface area contributed by atoms with E-state index in [0.717, 1.165) is 33.4 Å². The first-order chi connectivity index (χ1) is 19.6. The first-order valence-electron chi connectivity index (χ1n) is 13.6. The molecule has 0 heterocycles. The highest BCUT2D eigenvalue weighted by molar-refractivity contribution is 5.96. The maximum Gasteiger partial charge on any atom is 0.333 e. The zero-order chi connectivity index (χ0) is 29.5. The van der Waals surface area contributed by atoms with Crippen LogP contribution in [-0.4, -0.2) is 37.4 Å². The zero-order valence-corrected chi connectivity index (χ0v) is 24.0. The Kier molecular flexibility index (Phi) is 9.50. The topological polar surface area (TPSA) is 80.3 Å². The Morgan fingerprint density at radius 3 is 1.76 bits per heavy atom. The number of esters is 2. The van der Waals surface area contributed by atoms with Gasteiger partial charge in [-0.15, -0.1) is 0 Å². The number of hydrogen-bond donors (Lipinski definition) is 0. The molecule has 7 heteroatoms. The van der Waals surface area contributed by atoms with E-state index in [4.69, 9.17) is 23.7 Å². The number of rotatable bonds is 12. The molecule has 0 saturated heterocycles. The van der Waals surface area contributed by atoms with Crippen LogP contribution < -0.4 is 14.2 Å². The quantitative estimate of drug-likeness (QED) is 0.182. The molecule has 2 atom stereocenters. The molecule has 41 heavy (non-hydrogen) atoms. The zero-order valence-electron chi connectivity index (χ0n) is 24.0. The Hall–Kier alpha value is -4.52. The van der Waals surface area contributed by atoms with Gasteiger partial charge in [0.25, 0.3) is 0 Å². The SMILES string of the molecule is C=C(C)C(=O)OC(C)COc1c2c(c(OCC(C)OC(=O)C(=C)C)c3ccccc13)CC(Oc1ccccc1)=CC2. The first kappa shape index (κ1) is 29.5. The summed E-state index contributed by atoms with van der Waals surface area (Å²) in [5, 5.41) is 1.72. The van der Waals surface area contributed by atoms with E-state index >= 15 is 0 Å². The fourth-order valence-electron chi connectivity index (χ4n) is 4.43. The fraction of sp³-hybridized carbons (Fsp3) is 0.294. The van der Waals surface area contributed by atoms with Gasteiger partial charge in [-0.1, -0.05) is 55.6 Å². The van der Waals surface area contributed by atoms with E-state index in [0.29, 0.717) is 35.5 Å². The van der Waals surface area contributed by atoms with E-state index in [1.807, 2.05) is 60.7 Å². The van der Waals surface area contributed by atoms with Crippen LogP contribution in [0.5, 0.6) is 17.2 Å². The van der Waals surface area contributed by atoms with E-state index < -0.39 is 24.1 Å². The molecule has 2 unspecified atom stereocenters. The predicted octanol–water partition coefficient (Wildman–Crippen LogP) is 6.67. The molecule has 0 aliphatic heterocycles. The molecular formula is C34H36O7. The molecule has 7 nitrogen and oxygen atoms in total. The van der Waals surface area contributed by atoms with Crippen molar-refractivity contribution in [3.05, 3.63) is 102 Å². The third-order valence-electron chi connectivity index (χ3n) is 6.44. The monoisotopic (exact) mass is 556 g/mol. The van der Waals surface area contributed by atoms with Gasteiger partial charge in [-0.3, -0.25) is 0 Å². The van der Waals surface area contributed by atoms with Crippen molar-refractivity contribution >= 4 is 22.7 Å². The van der Waals surface area contributed by atoms with Crippen LogP contribution in [0.1, 0.15) is 38.8 Å².